The quantitative estimate of drug-likeness (QED) is 0.820. The van der Waals surface area contributed by atoms with E-state index in [1.54, 1.807) is 0 Å². The molecule has 1 aromatic heterocycles. The molecule has 2 aromatic rings. The molecule has 1 N–H and O–H groups in total. The Morgan fingerprint density at radius 2 is 1.86 bits per heavy atom. The van der Waals surface area contributed by atoms with Gasteiger partial charge >= 0.3 is 6.18 Å². The van der Waals surface area contributed by atoms with Crippen LogP contribution < -0.4 is 5.32 Å². The summed E-state index contributed by atoms with van der Waals surface area (Å²) in [4.78, 5) is 3.88. The van der Waals surface area contributed by atoms with Crippen LogP contribution in [0.5, 0.6) is 0 Å². The zero-order valence-corrected chi connectivity index (χ0v) is 12.0. The van der Waals surface area contributed by atoms with Crippen molar-refractivity contribution >= 4 is 17.4 Å². The van der Waals surface area contributed by atoms with E-state index in [2.05, 4.69) is 10.3 Å². The highest BCUT2D eigenvalue weighted by Gasteiger charge is 2.31. The number of nitrogens with zero attached hydrogens (tertiary/aromatic N) is 1. The number of pyridine rings is 1. The lowest BCUT2D eigenvalue weighted by atomic mass is 10.1. The maximum absolute atomic E-state index is 12.7. The molecular weight excluding hydrogens is 301 g/mol. The fourth-order valence-corrected chi connectivity index (χ4v) is 2.21. The number of benzene rings is 1. The summed E-state index contributed by atoms with van der Waals surface area (Å²) in [5, 5.41) is 2.77. The summed E-state index contributed by atoms with van der Waals surface area (Å²) in [7, 11) is 0. The number of nitrogens with one attached hydrogen (secondary N) is 1. The summed E-state index contributed by atoms with van der Waals surface area (Å²) >= 11 is 5.65. The third-order valence-corrected chi connectivity index (χ3v) is 3.09. The third-order valence-electron chi connectivity index (χ3n) is 2.90. The fraction of sp³-hybridized carbons (Fsp3) is 0.267. The molecule has 21 heavy (non-hydrogen) atoms. The zero-order chi connectivity index (χ0) is 15.5. The maximum atomic E-state index is 12.7. The summed E-state index contributed by atoms with van der Waals surface area (Å²) in [6.45, 7) is 1.88. The standard InChI is InChI=1S/C15H14ClF3N2/c1-10(7-11-5-3-2-4-6-11)20-14-9-12(15(17,18)19)8-13(16)21-14/h2-6,8-10H,7H2,1H3,(H,20,21). The number of anilines is 1. The Bertz CT molecular complexity index is 600. The molecule has 0 bridgehead atoms. The van der Waals surface area contributed by atoms with Crippen LogP contribution in [-0.2, 0) is 12.6 Å². The summed E-state index contributed by atoms with van der Waals surface area (Å²) in [6, 6.07) is 11.4. The molecule has 1 aromatic carbocycles. The molecular formula is C15H14ClF3N2. The molecule has 0 spiro atoms. The molecule has 0 fully saturated rings. The molecule has 6 heteroatoms. The van der Waals surface area contributed by atoms with Gasteiger partial charge in [0.1, 0.15) is 11.0 Å². The summed E-state index contributed by atoms with van der Waals surface area (Å²) < 4.78 is 38.2. The van der Waals surface area contributed by atoms with Crippen molar-refractivity contribution in [3.63, 3.8) is 0 Å². The highest BCUT2D eigenvalue weighted by atomic mass is 35.5. The number of rotatable bonds is 4. The summed E-state index contributed by atoms with van der Waals surface area (Å²) in [5.74, 6) is 0.123. The van der Waals surface area contributed by atoms with E-state index < -0.39 is 11.7 Å². The van der Waals surface area contributed by atoms with Gasteiger partial charge in [0.2, 0.25) is 0 Å². The summed E-state index contributed by atoms with van der Waals surface area (Å²) in [5.41, 5.74) is 0.285. The largest absolute Gasteiger partial charge is 0.416 e. The lowest BCUT2D eigenvalue weighted by Crippen LogP contribution is -2.19. The number of aromatic nitrogens is 1. The molecule has 1 atom stereocenters. The molecule has 0 radical (unpaired) electrons. The van der Waals surface area contributed by atoms with Gasteiger partial charge in [-0.05, 0) is 31.0 Å². The van der Waals surface area contributed by atoms with Gasteiger partial charge in [0.25, 0.3) is 0 Å². The van der Waals surface area contributed by atoms with Crippen LogP contribution in [0.1, 0.15) is 18.1 Å². The van der Waals surface area contributed by atoms with Gasteiger partial charge in [-0.3, -0.25) is 0 Å². The Balaban J connectivity index is 2.10. The van der Waals surface area contributed by atoms with Crippen LogP contribution in [0.2, 0.25) is 5.15 Å². The van der Waals surface area contributed by atoms with Gasteiger partial charge in [-0.15, -0.1) is 0 Å². The Kier molecular flexibility index (Phi) is 4.73. The molecule has 112 valence electrons. The predicted octanol–water partition coefficient (Wildman–Crippen LogP) is 4.80. The van der Waals surface area contributed by atoms with E-state index in [0.717, 1.165) is 17.7 Å². The molecule has 1 unspecified atom stereocenters. The predicted molar refractivity (Wildman–Crippen MR) is 77.5 cm³/mol. The van der Waals surface area contributed by atoms with Crippen molar-refractivity contribution in [2.24, 2.45) is 0 Å². The van der Waals surface area contributed by atoms with Crippen LogP contribution in [0, 0.1) is 0 Å². The van der Waals surface area contributed by atoms with Crippen LogP contribution in [0.3, 0.4) is 0 Å². The van der Waals surface area contributed by atoms with E-state index >= 15 is 0 Å². The average molecular weight is 315 g/mol. The first kappa shape index (κ1) is 15.6. The van der Waals surface area contributed by atoms with E-state index in [1.807, 2.05) is 37.3 Å². The van der Waals surface area contributed by atoms with Crippen LogP contribution in [-0.4, -0.2) is 11.0 Å². The molecule has 0 saturated carbocycles. The Morgan fingerprint density at radius 3 is 2.48 bits per heavy atom. The number of hydrogen-bond donors (Lipinski definition) is 1. The second-order valence-corrected chi connectivity index (χ2v) is 5.18. The van der Waals surface area contributed by atoms with Gasteiger partial charge in [0.15, 0.2) is 0 Å². The number of halogens is 4. The molecule has 0 aliphatic heterocycles. The second kappa shape index (κ2) is 6.35. The van der Waals surface area contributed by atoms with Crippen LogP contribution in [0.15, 0.2) is 42.5 Å². The average Bonchev–Trinajstić information content (AvgIpc) is 2.37. The Labute approximate surface area is 126 Å². The second-order valence-electron chi connectivity index (χ2n) is 4.80. The molecule has 2 rings (SSSR count). The van der Waals surface area contributed by atoms with Crippen molar-refractivity contribution in [1.82, 2.24) is 4.98 Å². The van der Waals surface area contributed by atoms with Gasteiger partial charge in [0.05, 0.1) is 5.56 Å². The number of hydrogen-bond acceptors (Lipinski definition) is 2. The van der Waals surface area contributed by atoms with E-state index in [4.69, 9.17) is 11.6 Å². The zero-order valence-electron chi connectivity index (χ0n) is 11.3. The molecule has 2 nitrogen and oxygen atoms in total. The highest BCUT2D eigenvalue weighted by molar-refractivity contribution is 6.29. The molecule has 0 saturated heterocycles. The monoisotopic (exact) mass is 314 g/mol. The lowest BCUT2D eigenvalue weighted by Gasteiger charge is -2.16. The van der Waals surface area contributed by atoms with E-state index in [9.17, 15) is 13.2 Å². The first-order valence-corrected chi connectivity index (χ1v) is 6.77. The van der Waals surface area contributed by atoms with Crippen molar-refractivity contribution in [2.75, 3.05) is 5.32 Å². The van der Waals surface area contributed by atoms with Gasteiger partial charge in [-0.2, -0.15) is 13.2 Å². The van der Waals surface area contributed by atoms with E-state index in [-0.39, 0.29) is 17.0 Å². The molecule has 0 amide bonds. The van der Waals surface area contributed by atoms with E-state index in [0.29, 0.717) is 6.42 Å². The summed E-state index contributed by atoms with van der Waals surface area (Å²) in [6.07, 6.45) is -3.76. The van der Waals surface area contributed by atoms with Crippen molar-refractivity contribution in [1.29, 1.82) is 0 Å². The van der Waals surface area contributed by atoms with Gasteiger partial charge in [0, 0.05) is 6.04 Å². The van der Waals surface area contributed by atoms with Gasteiger partial charge < -0.3 is 5.32 Å². The van der Waals surface area contributed by atoms with Crippen molar-refractivity contribution in [3.05, 3.63) is 58.7 Å². The van der Waals surface area contributed by atoms with Gasteiger partial charge in [-0.1, -0.05) is 41.9 Å². The molecule has 0 aliphatic carbocycles. The minimum Gasteiger partial charge on any atom is -0.367 e. The first-order chi connectivity index (χ1) is 9.84. The van der Waals surface area contributed by atoms with Gasteiger partial charge in [-0.25, -0.2) is 4.98 Å². The topological polar surface area (TPSA) is 24.9 Å². The van der Waals surface area contributed by atoms with Crippen LogP contribution >= 0.6 is 11.6 Å². The Hall–Kier alpha value is -1.75. The highest BCUT2D eigenvalue weighted by Crippen LogP contribution is 2.32. The van der Waals surface area contributed by atoms with Crippen LogP contribution in [0.25, 0.3) is 0 Å². The smallest absolute Gasteiger partial charge is 0.367 e. The minimum atomic E-state index is -4.44. The lowest BCUT2D eigenvalue weighted by molar-refractivity contribution is -0.137. The Morgan fingerprint density at radius 1 is 1.19 bits per heavy atom. The minimum absolute atomic E-state index is 0.0700. The number of alkyl halides is 3. The van der Waals surface area contributed by atoms with Crippen LogP contribution in [0.4, 0.5) is 19.0 Å². The third kappa shape index (κ3) is 4.63. The first-order valence-electron chi connectivity index (χ1n) is 6.40. The van der Waals surface area contributed by atoms with E-state index in [1.165, 1.54) is 0 Å². The maximum Gasteiger partial charge on any atom is 0.416 e. The van der Waals surface area contributed by atoms with Crippen molar-refractivity contribution in [2.45, 2.75) is 25.6 Å². The van der Waals surface area contributed by atoms with Crippen molar-refractivity contribution in [3.8, 4) is 0 Å². The molecule has 0 aliphatic rings. The SMILES string of the molecule is CC(Cc1ccccc1)Nc1cc(C(F)(F)F)cc(Cl)n1. The molecule has 1 heterocycles. The fourth-order valence-electron chi connectivity index (χ4n) is 2.01. The van der Waals surface area contributed by atoms with Crippen molar-refractivity contribution < 1.29 is 13.2 Å². The normalized spacial score (nSPS) is 13.0.